The van der Waals surface area contributed by atoms with Gasteiger partial charge in [-0.3, -0.25) is 9.59 Å². The fraction of sp³-hybridized carbons (Fsp3) is 0.278. The quantitative estimate of drug-likeness (QED) is 0.823. The number of nitrogens with one attached hydrogen (secondary N) is 1. The Morgan fingerprint density at radius 3 is 2.52 bits per heavy atom. The lowest BCUT2D eigenvalue weighted by molar-refractivity contribution is -0.145. The third kappa shape index (κ3) is 2.75. The highest BCUT2D eigenvalue weighted by Gasteiger charge is 2.53. The highest BCUT2D eigenvalue weighted by Crippen LogP contribution is 2.40. The predicted molar refractivity (Wildman–Crippen MR) is 93.3 cm³/mol. The van der Waals surface area contributed by atoms with Gasteiger partial charge in [0, 0.05) is 10.4 Å². The van der Waals surface area contributed by atoms with Crippen LogP contribution in [0.1, 0.15) is 4.88 Å². The topological polar surface area (TPSA) is 88.5 Å². The van der Waals surface area contributed by atoms with Crippen molar-refractivity contribution in [2.24, 2.45) is 11.8 Å². The van der Waals surface area contributed by atoms with Gasteiger partial charge in [-0.25, -0.2) is 4.98 Å². The van der Waals surface area contributed by atoms with Crippen LogP contribution in [-0.2, 0) is 14.3 Å². The number of hydrogen-bond donors (Lipinski definition) is 2. The van der Waals surface area contributed by atoms with Crippen molar-refractivity contribution in [2.45, 2.75) is 19.1 Å². The summed E-state index contributed by atoms with van der Waals surface area (Å²) in [4.78, 5) is 29.6. The second-order valence-corrected chi connectivity index (χ2v) is 7.32. The van der Waals surface area contributed by atoms with Gasteiger partial charge in [0.1, 0.15) is 5.92 Å². The Hall–Kier alpha value is -2.51. The van der Waals surface area contributed by atoms with Gasteiger partial charge in [0.05, 0.1) is 23.8 Å². The van der Waals surface area contributed by atoms with E-state index in [9.17, 15) is 14.7 Å². The molecule has 25 heavy (non-hydrogen) atoms. The number of carbonyl (C=O) groups is 2. The molecule has 1 aromatic heterocycles. The van der Waals surface area contributed by atoms with Crippen molar-refractivity contribution < 1.29 is 19.4 Å². The van der Waals surface area contributed by atoms with Crippen molar-refractivity contribution in [3.05, 3.63) is 47.4 Å². The SMILES string of the molecule is Cc1sc(NC(=O)[C@H]2[C@@H](C(=O)O)[C@H]3C=C[C@H]2O3)nc1-c1ccccc1. The number of ether oxygens (including phenoxy) is 1. The van der Waals surface area contributed by atoms with Crippen LogP contribution in [-0.4, -0.2) is 34.2 Å². The molecule has 1 aromatic carbocycles. The van der Waals surface area contributed by atoms with Crippen molar-refractivity contribution >= 4 is 28.3 Å². The monoisotopic (exact) mass is 356 g/mol. The lowest BCUT2D eigenvalue weighted by atomic mass is 9.82. The first-order chi connectivity index (χ1) is 12.0. The fourth-order valence-corrected chi connectivity index (χ4v) is 4.26. The van der Waals surface area contributed by atoms with E-state index in [0.717, 1.165) is 16.1 Å². The average molecular weight is 356 g/mol. The Bertz CT molecular complexity index is 861. The molecule has 2 aromatic rings. The van der Waals surface area contributed by atoms with Crippen molar-refractivity contribution in [1.82, 2.24) is 4.98 Å². The van der Waals surface area contributed by atoms with Gasteiger partial charge in [-0.2, -0.15) is 0 Å². The van der Waals surface area contributed by atoms with E-state index in [1.165, 1.54) is 11.3 Å². The van der Waals surface area contributed by atoms with Gasteiger partial charge in [0.2, 0.25) is 5.91 Å². The van der Waals surface area contributed by atoms with E-state index in [4.69, 9.17) is 4.74 Å². The molecule has 0 radical (unpaired) electrons. The average Bonchev–Trinajstić information content (AvgIpc) is 3.29. The molecule has 1 fully saturated rings. The number of carboxylic acids is 1. The minimum Gasteiger partial charge on any atom is -0.481 e. The molecular formula is C18H16N2O4S. The normalized spacial score (nSPS) is 26.8. The summed E-state index contributed by atoms with van der Waals surface area (Å²) in [5.74, 6) is -2.98. The number of carboxylic acid groups (broad SMARTS) is 1. The first-order valence-corrected chi connectivity index (χ1v) is 8.76. The molecule has 7 heteroatoms. The first kappa shape index (κ1) is 16.0. The van der Waals surface area contributed by atoms with Gasteiger partial charge in [-0.15, -0.1) is 11.3 Å². The standard InChI is InChI=1S/C18H16N2O4S/c1-9-15(10-5-3-2-4-6-10)19-18(25-9)20-16(21)13-11-7-8-12(24-11)14(13)17(22)23/h2-8,11-14H,1H3,(H,22,23)(H,19,20,21)/t11-,12-,13-,14+/m1/s1. The van der Waals surface area contributed by atoms with Gasteiger partial charge < -0.3 is 15.2 Å². The van der Waals surface area contributed by atoms with Gasteiger partial charge in [-0.05, 0) is 6.92 Å². The second-order valence-electron chi connectivity index (χ2n) is 6.12. The van der Waals surface area contributed by atoms with Crippen LogP contribution in [0.4, 0.5) is 5.13 Å². The number of nitrogens with zero attached hydrogens (tertiary/aromatic N) is 1. The maximum atomic E-state index is 12.7. The molecule has 2 aliphatic rings. The van der Waals surface area contributed by atoms with Gasteiger partial charge >= 0.3 is 5.97 Å². The van der Waals surface area contributed by atoms with Gasteiger partial charge in [0.25, 0.3) is 0 Å². The van der Waals surface area contributed by atoms with E-state index >= 15 is 0 Å². The molecule has 1 saturated heterocycles. The smallest absolute Gasteiger partial charge is 0.310 e. The molecule has 0 saturated carbocycles. The van der Waals surface area contributed by atoms with E-state index < -0.39 is 30.0 Å². The lowest BCUT2D eigenvalue weighted by Crippen LogP contribution is -2.39. The summed E-state index contributed by atoms with van der Waals surface area (Å²) in [6.07, 6.45) is 2.46. The number of anilines is 1. The van der Waals surface area contributed by atoms with E-state index in [2.05, 4.69) is 10.3 Å². The first-order valence-electron chi connectivity index (χ1n) is 7.95. The zero-order valence-electron chi connectivity index (χ0n) is 13.4. The highest BCUT2D eigenvalue weighted by molar-refractivity contribution is 7.16. The number of carbonyl (C=O) groups excluding carboxylic acids is 1. The number of aliphatic carboxylic acids is 1. The van der Waals surface area contributed by atoms with Crippen molar-refractivity contribution in [1.29, 1.82) is 0 Å². The summed E-state index contributed by atoms with van der Waals surface area (Å²) in [5, 5.41) is 12.7. The molecular weight excluding hydrogens is 340 g/mol. The van der Waals surface area contributed by atoms with Crippen LogP contribution >= 0.6 is 11.3 Å². The van der Waals surface area contributed by atoms with Gasteiger partial charge in [0.15, 0.2) is 5.13 Å². The zero-order valence-corrected chi connectivity index (χ0v) is 14.2. The minimum absolute atomic E-state index is 0.363. The van der Waals surface area contributed by atoms with Crippen LogP contribution in [0.15, 0.2) is 42.5 Å². The maximum absolute atomic E-state index is 12.7. The number of fused-ring (bicyclic) bond motifs is 2. The molecule has 3 heterocycles. The van der Waals surface area contributed by atoms with Gasteiger partial charge in [-0.1, -0.05) is 42.5 Å². The van der Waals surface area contributed by atoms with Crippen molar-refractivity contribution in [3.63, 3.8) is 0 Å². The summed E-state index contributed by atoms with van der Waals surface area (Å²) in [6, 6.07) is 9.72. The molecule has 2 N–H and O–H groups in total. The Morgan fingerprint density at radius 2 is 1.84 bits per heavy atom. The molecule has 6 nitrogen and oxygen atoms in total. The Kier molecular flexibility index (Phi) is 3.89. The molecule has 0 unspecified atom stereocenters. The molecule has 2 aliphatic heterocycles. The number of aromatic nitrogens is 1. The highest BCUT2D eigenvalue weighted by atomic mass is 32.1. The molecule has 0 aliphatic carbocycles. The van der Waals surface area contributed by atoms with E-state index in [1.54, 1.807) is 12.2 Å². The molecule has 4 rings (SSSR count). The predicted octanol–water partition coefficient (Wildman–Crippen LogP) is 2.71. The molecule has 0 spiro atoms. The Morgan fingerprint density at radius 1 is 1.16 bits per heavy atom. The van der Waals surface area contributed by atoms with Crippen molar-refractivity contribution in [3.8, 4) is 11.3 Å². The summed E-state index contributed by atoms with van der Waals surface area (Å²) in [6.45, 7) is 1.94. The number of hydrogen-bond acceptors (Lipinski definition) is 5. The number of aryl methyl sites for hydroxylation is 1. The van der Waals surface area contributed by atoms with E-state index in [-0.39, 0.29) is 5.91 Å². The Balaban J connectivity index is 1.56. The molecule has 1 amide bonds. The van der Waals surface area contributed by atoms with Crippen LogP contribution in [0.3, 0.4) is 0 Å². The zero-order chi connectivity index (χ0) is 17.6. The number of benzene rings is 1. The maximum Gasteiger partial charge on any atom is 0.310 e. The lowest BCUT2D eigenvalue weighted by Gasteiger charge is -2.20. The van der Waals surface area contributed by atoms with E-state index in [0.29, 0.717) is 5.13 Å². The van der Waals surface area contributed by atoms with Crippen LogP contribution in [0.25, 0.3) is 11.3 Å². The van der Waals surface area contributed by atoms with E-state index in [1.807, 2.05) is 37.3 Å². The van der Waals surface area contributed by atoms with Crippen LogP contribution in [0, 0.1) is 18.8 Å². The summed E-state index contributed by atoms with van der Waals surface area (Å²) in [5.41, 5.74) is 1.80. The summed E-state index contributed by atoms with van der Waals surface area (Å²) < 4.78 is 5.55. The Labute approximate surface area is 148 Å². The molecule has 128 valence electrons. The largest absolute Gasteiger partial charge is 0.481 e. The number of amides is 1. The molecule has 2 bridgehead atoms. The van der Waals surface area contributed by atoms with Crippen LogP contribution in [0.2, 0.25) is 0 Å². The van der Waals surface area contributed by atoms with Crippen LogP contribution in [0.5, 0.6) is 0 Å². The fourth-order valence-electron chi connectivity index (χ4n) is 3.42. The third-order valence-corrected chi connectivity index (χ3v) is 5.45. The van der Waals surface area contributed by atoms with Crippen molar-refractivity contribution in [2.75, 3.05) is 5.32 Å². The number of rotatable bonds is 4. The number of thiazole rings is 1. The summed E-state index contributed by atoms with van der Waals surface area (Å²) >= 11 is 1.38. The minimum atomic E-state index is -1.02. The molecule has 4 atom stereocenters. The van der Waals surface area contributed by atoms with Crippen LogP contribution < -0.4 is 5.32 Å². The second kappa shape index (κ2) is 6.09. The summed E-state index contributed by atoms with van der Waals surface area (Å²) in [7, 11) is 0. The third-order valence-electron chi connectivity index (χ3n) is 4.56.